The smallest absolute Gasteiger partial charge is 0.282 e. The summed E-state index contributed by atoms with van der Waals surface area (Å²) in [5, 5.41) is 2.83. The first-order chi connectivity index (χ1) is 14.0. The molecule has 3 aromatic rings. The lowest BCUT2D eigenvalue weighted by Gasteiger charge is -2.39. The van der Waals surface area contributed by atoms with Gasteiger partial charge in [0.15, 0.2) is 5.16 Å². The zero-order chi connectivity index (χ0) is 20.5. The Kier molecular flexibility index (Phi) is 5.65. The zero-order valence-corrected chi connectivity index (χ0v) is 18.1. The number of rotatable bonds is 4. The number of fused-ring (bicyclic) bond motifs is 1. The summed E-state index contributed by atoms with van der Waals surface area (Å²) in [6.07, 6.45) is 3.22. The molecule has 29 heavy (non-hydrogen) atoms. The van der Waals surface area contributed by atoms with Crippen molar-refractivity contribution in [1.82, 2.24) is 14.6 Å². The number of carbonyl (C=O) groups excluding carboxylic acids is 1. The Labute approximate surface area is 177 Å². The van der Waals surface area contributed by atoms with Crippen molar-refractivity contribution in [3.05, 3.63) is 46.1 Å². The van der Waals surface area contributed by atoms with E-state index in [-0.39, 0.29) is 29.3 Å². The second-order valence-corrected chi connectivity index (χ2v) is 9.28. The molecule has 1 amide bonds. The highest BCUT2D eigenvalue weighted by molar-refractivity contribution is 7.99. The summed E-state index contributed by atoms with van der Waals surface area (Å²) in [6.45, 7) is 4.19. The van der Waals surface area contributed by atoms with Gasteiger partial charge in [0.05, 0.1) is 11.1 Å². The van der Waals surface area contributed by atoms with Crippen molar-refractivity contribution in [3.8, 4) is 11.1 Å². The summed E-state index contributed by atoms with van der Waals surface area (Å²) in [5.74, 6) is 6.37. The summed E-state index contributed by atoms with van der Waals surface area (Å²) in [6, 6.07) is 10.2. The van der Waals surface area contributed by atoms with E-state index in [1.807, 2.05) is 40.6 Å². The predicted molar refractivity (Wildman–Crippen MR) is 120 cm³/mol. The largest absolute Gasteiger partial charge is 0.337 e. The molecule has 1 aromatic carbocycles. The van der Waals surface area contributed by atoms with Crippen molar-refractivity contribution in [2.75, 3.05) is 11.6 Å². The number of carbonyl (C=O) groups is 1. The van der Waals surface area contributed by atoms with E-state index in [0.29, 0.717) is 15.4 Å². The maximum absolute atomic E-state index is 13.0. The molecule has 1 aliphatic heterocycles. The van der Waals surface area contributed by atoms with Crippen LogP contribution in [0.3, 0.4) is 0 Å². The van der Waals surface area contributed by atoms with Crippen molar-refractivity contribution < 1.29 is 4.79 Å². The fourth-order valence-electron chi connectivity index (χ4n) is 4.03. The van der Waals surface area contributed by atoms with Crippen molar-refractivity contribution >= 4 is 39.2 Å². The number of nitrogens with two attached hydrogens (primary N) is 1. The molecular weight excluding hydrogens is 404 g/mol. The minimum Gasteiger partial charge on any atom is -0.337 e. The molecule has 3 heterocycles. The molecule has 0 saturated carbocycles. The summed E-state index contributed by atoms with van der Waals surface area (Å²) in [7, 11) is 0. The van der Waals surface area contributed by atoms with E-state index in [1.54, 1.807) is 0 Å². The number of likely N-dealkylation sites (tertiary alicyclic amines) is 1. The number of thioether (sulfide) groups is 1. The van der Waals surface area contributed by atoms with Gasteiger partial charge in [-0.1, -0.05) is 42.1 Å². The van der Waals surface area contributed by atoms with Gasteiger partial charge >= 0.3 is 0 Å². The first-order valence-electron chi connectivity index (χ1n) is 9.76. The molecule has 0 spiro atoms. The lowest BCUT2D eigenvalue weighted by molar-refractivity contribution is -0.134. The van der Waals surface area contributed by atoms with Crippen LogP contribution in [-0.2, 0) is 4.79 Å². The molecule has 1 saturated heterocycles. The Morgan fingerprint density at radius 3 is 2.62 bits per heavy atom. The highest BCUT2D eigenvalue weighted by Gasteiger charge is 2.29. The van der Waals surface area contributed by atoms with Gasteiger partial charge in [-0.15, -0.1) is 11.3 Å². The molecule has 0 bridgehead atoms. The van der Waals surface area contributed by atoms with E-state index in [9.17, 15) is 9.59 Å². The minimum atomic E-state index is -0.287. The van der Waals surface area contributed by atoms with Gasteiger partial charge in [-0.05, 0) is 38.7 Å². The van der Waals surface area contributed by atoms with Crippen molar-refractivity contribution in [3.63, 3.8) is 0 Å². The number of amides is 1. The number of nitrogens with zero attached hydrogens (tertiary/aromatic N) is 3. The number of hydrogen-bond donors (Lipinski definition) is 1. The summed E-state index contributed by atoms with van der Waals surface area (Å²) >= 11 is 2.65. The van der Waals surface area contributed by atoms with E-state index in [1.165, 1.54) is 23.1 Å². The van der Waals surface area contributed by atoms with Crippen LogP contribution in [0, 0.1) is 0 Å². The molecule has 2 atom stereocenters. The van der Waals surface area contributed by atoms with Crippen LogP contribution in [0.4, 0.5) is 0 Å². The molecule has 1 fully saturated rings. The third-order valence-corrected chi connectivity index (χ3v) is 7.31. The average Bonchev–Trinajstić information content (AvgIpc) is 3.14. The molecule has 2 unspecified atom stereocenters. The highest BCUT2D eigenvalue weighted by Crippen LogP contribution is 2.32. The highest BCUT2D eigenvalue weighted by atomic mass is 32.2. The first kappa shape index (κ1) is 20.0. The van der Waals surface area contributed by atoms with Crippen LogP contribution in [0.1, 0.15) is 33.1 Å². The molecule has 0 radical (unpaired) electrons. The van der Waals surface area contributed by atoms with E-state index < -0.39 is 0 Å². The summed E-state index contributed by atoms with van der Waals surface area (Å²) in [5.41, 5.74) is 1.51. The van der Waals surface area contributed by atoms with Crippen molar-refractivity contribution in [1.29, 1.82) is 0 Å². The quantitative estimate of drug-likeness (QED) is 0.389. The molecule has 8 heteroatoms. The number of nitrogen functional groups attached to an aromatic ring is 1. The Balaban J connectivity index is 1.60. The second-order valence-electron chi connectivity index (χ2n) is 7.48. The van der Waals surface area contributed by atoms with Gasteiger partial charge < -0.3 is 10.7 Å². The Morgan fingerprint density at radius 2 is 1.93 bits per heavy atom. The van der Waals surface area contributed by atoms with Crippen LogP contribution < -0.4 is 11.4 Å². The summed E-state index contributed by atoms with van der Waals surface area (Å²) < 4.78 is 1.07. The van der Waals surface area contributed by atoms with E-state index >= 15 is 0 Å². The van der Waals surface area contributed by atoms with Crippen LogP contribution in [0.15, 0.2) is 45.7 Å². The molecule has 6 nitrogen and oxygen atoms in total. The Hall–Kier alpha value is -2.32. The number of aromatic nitrogens is 2. The lowest BCUT2D eigenvalue weighted by atomic mass is 9.98. The maximum atomic E-state index is 13.0. The first-order valence-corrected chi connectivity index (χ1v) is 11.6. The molecule has 1 aliphatic rings. The third-order valence-electron chi connectivity index (χ3n) is 5.50. The average molecular weight is 429 g/mol. The normalized spacial score (nSPS) is 19.6. The van der Waals surface area contributed by atoms with Gasteiger partial charge in [0.2, 0.25) is 5.91 Å². The van der Waals surface area contributed by atoms with Crippen LogP contribution in [-0.4, -0.2) is 38.3 Å². The SMILES string of the molecule is CC1CCCC(C)N1C(=O)CSc1nc2scc(-c3ccccc3)c2c(=O)n1N. The lowest BCUT2D eigenvalue weighted by Crippen LogP contribution is -2.48. The van der Waals surface area contributed by atoms with Gasteiger partial charge in [-0.25, -0.2) is 9.66 Å². The molecule has 152 valence electrons. The van der Waals surface area contributed by atoms with Crippen molar-refractivity contribution in [2.45, 2.75) is 50.4 Å². The van der Waals surface area contributed by atoms with Gasteiger partial charge in [-0.3, -0.25) is 9.59 Å². The number of piperidine rings is 1. The van der Waals surface area contributed by atoms with Crippen LogP contribution in [0.2, 0.25) is 0 Å². The van der Waals surface area contributed by atoms with Crippen LogP contribution in [0.25, 0.3) is 21.3 Å². The molecule has 2 aromatic heterocycles. The zero-order valence-electron chi connectivity index (χ0n) is 16.5. The van der Waals surface area contributed by atoms with Crippen LogP contribution in [0.5, 0.6) is 0 Å². The molecular formula is C21H24N4O2S2. The Morgan fingerprint density at radius 1 is 1.24 bits per heavy atom. The maximum Gasteiger partial charge on any atom is 0.282 e. The van der Waals surface area contributed by atoms with Gasteiger partial charge in [-0.2, -0.15) is 0 Å². The fourth-order valence-corrected chi connectivity index (χ4v) is 5.81. The fraction of sp³-hybridized carbons (Fsp3) is 0.381. The minimum absolute atomic E-state index is 0.0696. The molecule has 0 aliphatic carbocycles. The molecule has 4 rings (SSSR count). The van der Waals surface area contributed by atoms with Crippen molar-refractivity contribution in [2.24, 2.45) is 0 Å². The Bertz CT molecular complexity index is 1080. The number of hydrogen-bond acceptors (Lipinski definition) is 6. The predicted octanol–water partition coefficient (Wildman–Crippen LogP) is 3.72. The number of benzene rings is 1. The summed E-state index contributed by atoms with van der Waals surface area (Å²) in [4.78, 5) is 32.9. The van der Waals surface area contributed by atoms with E-state index in [2.05, 4.69) is 18.8 Å². The van der Waals surface area contributed by atoms with Crippen LogP contribution >= 0.6 is 23.1 Å². The monoisotopic (exact) mass is 428 g/mol. The van der Waals surface area contributed by atoms with E-state index in [0.717, 1.165) is 35.1 Å². The van der Waals surface area contributed by atoms with E-state index in [4.69, 9.17) is 5.84 Å². The third kappa shape index (κ3) is 3.79. The molecule has 2 N–H and O–H groups in total. The van der Waals surface area contributed by atoms with Gasteiger partial charge in [0.25, 0.3) is 5.56 Å². The standard InChI is InChI=1S/C21H24N4O2S2/c1-13-7-6-8-14(2)24(13)17(26)12-29-21-23-19-18(20(27)25(21)22)16(11-28-19)15-9-4-3-5-10-15/h3-5,9-11,13-14H,6-8,12,22H2,1-2H3. The van der Waals surface area contributed by atoms with Gasteiger partial charge in [0, 0.05) is 23.0 Å². The second kappa shape index (κ2) is 8.20. The topological polar surface area (TPSA) is 81.2 Å². The number of thiophene rings is 1. The van der Waals surface area contributed by atoms with Gasteiger partial charge in [0.1, 0.15) is 4.83 Å².